The van der Waals surface area contributed by atoms with Crippen LogP contribution in [0.25, 0.3) is 0 Å². The molecule has 0 aliphatic carbocycles. The molecule has 0 aliphatic rings. The van der Waals surface area contributed by atoms with Crippen molar-refractivity contribution in [2.45, 2.75) is 5.75 Å². The van der Waals surface area contributed by atoms with Crippen molar-refractivity contribution in [2.24, 2.45) is 7.05 Å². The van der Waals surface area contributed by atoms with Gasteiger partial charge in [-0.25, -0.2) is 4.98 Å². The molecule has 0 unspecified atom stereocenters. The van der Waals surface area contributed by atoms with Gasteiger partial charge in [-0.05, 0) is 15.9 Å². The number of nitrogens with zero attached hydrogens (tertiary/aromatic N) is 2. The maximum Gasteiger partial charge on any atom is 0.177 e. The number of imidazole rings is 1. The molecule has 1 aromatic rings. The second-order valence-corrected chi connectivity index (χ2v) is 2.76. The first-order valence-electron chi connectivity index (χ1n) is 2.52. The highest BCUT2D eigenvalue weighted by Crippen LogP contribution is 2.10. The minimum Gasteiger partial charge on any atom is -0.325 e. The Morgan fingerprint density at radius 3 is 2.78 bits per heavy atom. The van der Waals surface area contributed by atoms with Gasteiger partial charge in [0.15, 0.2) is 4.73 Å². The first kappa shape index (κ1) is 7.15. The molecule has 0 saturated carbocycles. The van der Waals surface area contributed by atoms with E-state index in [4.69, 9.17) is 0 Å². The Hall–Kier alpha value is 0.0400. The van der Waals surface area contributed by atoms with E-state index in [1.165, 1.54) is 0 Å². The van der Waals surface area contributed by atoms with Crippen LogP contribution in [0.2, 0.25) is 0 Å². The van der Waals surface area contributed by atoms with Crippen LogP contribution >= 0.6 is 28.6 Å². The molecule has 2 nitrogen and oxygen atoms in total. The third kappa shape index (κ3) is 1.30. The highest BCUT2D eigenvalue weighted by molar-refractivity contribution is 9.10. The quantitative estimate of drug-likeness (QED) is 0.692. The van der Waals surface area contributed by atoms with Gasteiger partial charge in [-0.3, -0.25) is 0 Å². The fourth-order valence-corrected chi connectivity index (χ4v) is 1.19. The first-order valence-corrected chi connectivity index (χ1v) is 3.95. The van der Waals surface area contributed by atoms with Gasteiger partial charge in [0.25, 0.3) is 0 Å². The summed E-state index contributed by atoms with van der Waals surface area (Å²) in [6, 6.07) is 0. The summed E-state index contributed by atoms with van der Waals surface area (Å²) < 4.78 is 2.80. The number of hydrogen-bond donors (Lipinski definition) is 1. The summed E-state index contributed by atoms with van der Waals surface area (Å²) in [5.41, 5.74) is 1.12. The van der Waals surface area contributed by atoms with E-state index in [0.29, 0.717) is 0 Å². The summed E-state index contributed by atoms with van der Waals surface area (Å²) in [7, 11) is 1.95. The lowest BCUT2D eigenvalue weighted by atomic mass is 10.5. The summed E-state index contributed by atoms with van der Waals surface area (Å²) in [6.07, 6.45) is 1.80. The Kier molecular flexibility index (Phi) is 2.18. The fourth-order valence-electron chi connectivity index (χ4n) is 0.566. The third-order valence-corrected chi connectivity index (χ3v) is 2.25. The normalized spacial score (nSPS) is 10.1. The van der Waals surface area contributed by atoms with Gasteiger partial charge in [0, 0.05) is 18.5 Å². The number of aromatic nitrogens is 2. The fraction of sp³-hybridized carbons (Fsp3) is 0.400. The molecule has 1 aromatic heterocycles. The number of hydrogen-bond acceptors (Lipinski definition) is 2. The zero-order chi connectivity index (χ0) is 6.85. The number of thiol groups is 1. The van der Waals surface area contributed by atoms with E-state index in [9.17, 15) is 0 Å². The molecule has 50 valence electrons. The van der Waals surface area contributed by atoms with E-state index < -0.39 is 0 Å². The van der Waals surface area contributed by atoms with Crippen LogP contribution in [-0.2, 0) is 12.8 Å². The van der Waals surface area contributed by atoms with Crippen LogP contribution in [-0.4, -0.2) is 9.55 Å². The van der Waals surface area contributed by atoms with Crippen LogP contribution < -0.4 is 0 Å². The largest absolute Gasteiger partial charge is 0.325 e. The van der Waals surface area contributed by atoms with Crippen LogP contribution in [0, 0.1) is 0 Å². The lowest BCUT2D eigenvalue weighted by Gasteiger charge is -1.95. The highest BCUT2D eigenvalue weighted by Gasteiger charge is 1.98. The maximum atomic E-state index is 4.11. The van der Waals surface area contributed by atoms with Crippen LogP contribution in [0.15, 0.2) is 10.9 Å². The molecule has 4 heteroatoms. The number of rotatable bonds is 1. The summed E-state index contributed by atoms with van der Waals surface area (Å²) in [6.45, 7) is 0. The first-order chi connectivity index (χ1) is 4.25. The van der Waals surface area contributed by atoms with Gasteiger partial charge in [0.2, 0.25) is 0 Å². The molecule has 0 aromatic carbocycles. The molecule has 1 heterocycles. The summed E-state index contributed by atoms with van der Waals surface area (Å²) in [4.78, 5) is 4.02. The minimum absolute atomic E-state index is 0.731. The van der Waals surface area contributed by atoms with Crippen molar-refractivity contribution >= 4 is 28.6 Å². The second kappa shape index (κ2) is 2.75. The standard InChI is InChI=1S/C5H7BrN2S/c1-8-4(3-9)2-7-5(8)6/h2,9H,3H2,1H3. The summed E-state index contributed by atoms with van der Waals surface area (Å²) in [5.74, 6) is 0.731. The van der Waals surface area contributed by atoms with Crippen LogP contribution in [0.1, 0.15) is 5.69 Å². The minimum atomic E-state index is 0.731. The van der Waals surface area contributed by atoms with Crippen molar-refractivity contribution in [2.75, 3.05) is 0 Å². The predicted octanol–water partition coefficient (Wildman–Crippen LogP) is 1.61. The Morgan fingerprint density at radius 2 is 2.56 bits per heavy atom. The topological polar surface area (TPSA) is 17.8 Å². The Bertz CT molecular complexity index is 209. The van der Waals surface area contributed by atoms with Crippen LogP contribution in [0.5, 0.6) is 0 Å². The SMILES string of the molecule is Cn1c(CS)cnc1Br. The highest BCUT2D eigenvalue weighted by atomic mass is 79.9. The van der Waals surface area contributed by atoms with Crippen molar-refractivity contribution in [3.63, 3.8) is 0 Å². The van der Waals surface area contributed by atoms with Gasteiger partial charge in [-0.1, -0.05) is 0 Å². The zero-order valence-corrected chi connectivity index (χ0v) is 7.48. The van der Waals surface area contributed by atoms with Gasteiger partial charge >= 0.3 is 0 Å². The Balaban J connectivity index is 3.04. The molecule has 9 heavy (non-hydrogen) atoms. The molecule has 0 amide bonds. The monoisotopic (exact) mass is 206 g/mol. The predicted molar refractivity (Wildman–Crippen MR) is 43.6 cm³/mol. The second-order valence-electron chi connectivity index (χ2n) is 1.74. The molecule has 0 bridgehead atoms. The molecule has 0 aliphatic heterocycles. The van der Waals surface area contributed by atoms with Crippen LogP contribution in [0.3, 0.4) is 0 Å². The number of halogens is 1. The molecule has 0 atom stereocenters. The Morgan fingerprint density at radius 1 is 1.89 bits per heavy atom. The van der Waals surface area contributed by atoms with E-state index in [2.05, 4.69) is 33.5 Å². The van der Waals surface area contributed by atoms with Gasteiger partial charge in [0.05, 0.1) is 6.20 Å². The third-order valence-electron chi connectivity index (χ3n) is 1.19. The van der Waals surface area contributed by atoms with Gasteiger partial charge < -0.3 is 4.57 Å². The molecule has 1 rings (SSSR count). The smallest absolute Gasteiger partial charge is 0.177 e. The van der Waals surface area contributed by atoms with E-state index in [1.54, 1.807) is 6.20 Å². The summed E-state index contributed by atoms with van der Waals surface area (Å²) >= 11 is 7.39. The van der Waals surface area contributed by atoms with Crippen molar-refractivity contribution in [3.8, 4) is 0 Å². The maximum absolute atomic E-state index is 4.11. The van der Waals surface area contributed by atoms with Crippen molar-refractivity contribution in [3.05, 3.63) is 16.6 Å². The molecule has 0 saturated heterocycles. The van der Waals surface area contributed by atoms with E-state index in [-0.39, 0.29) is 0 Å². The van der Waals surface area contributed by atoms with Gasteiger partial charge in [-0.15, -0.1) is 0 Å². The Labute approximate surface area is 67.8 Å². The van der Waals surface area contributed by atoms with Crippen molar-refractivity contribution in [1.29, 1.82) is 0 Å². The molecule has 0 spiro atoms. The van der Waals surface area contributed by atoms with Crippen LogP contribution in [0.4, 0.5) is 0 Å². The molecule has 0 radical (unpaired) electrons. The van der Waals surface area contributed by atoms with Gasteiger partial charge in [-0.2, -0.15) is 12.6 Å². The van der Waals surface area contributed by atoms with E-state index in [1.807, 2.05) is 11.6 Å². The average Bonchev–Trinajstić information content (AvgIpc) is 2.15. The van der Waals surface area contributed by atoms with E-state index >= 15 is 0 Å². The van der Waals surface area contributed by atoms with Gasteiger partial charge in [0.1, 0.15) is 0 Å². The molecular weight excluding hydrogens is 200 g/mol. The zero-order valence-electron chi connectivity index (χ0n) is 5.00. The van der Waals surface area contributed by atoms with E-state index in [0.717, 1.165) is 16.2 Å². The molecule has 0 fully saturated rings. The van der Waals surface area contributed by atoms with Crippen molar-refractivity contribution < 1.29 is 0 Å². The molecular formula is C5H7BrN2S. The lowest BCUT2D eigenvalue weighted by Crippen LogP contribution is -1.92. The average molecular weight is 207 g/mol. The van der Waals surface area contributed by atoms with Crippen molar-refractivity contribution in [1.82, 2.24) is 9.55 Å². The molecule has 0 N–H and O–H groups in total. The lowest BCUT2D eigenvalue weighted by molar-refractivity contribution is 0.841. The summed E-state index contributed by atoms with van der Waals surface area (Å²) in [5, 5.41) is 0.